The maximum atomic E-state index is 13.1. The molecule has 0 spiro atoms. The molecule has 3 amide bonds. The van der Waals surface area contributed by atoms with Crippen LogP contribution < -0.4 is 19.9 Å². The lowest BCUT2D eigenvalue weighted by atomic mass is 10.1. The summed E-state index contributed by atoms with van der Waals surface area (Å²) in [6, 6.07) is 9.62. The molecule has 10 nitrogen and oxygen atoms in total. The Bertz CT molecular complexity index is 987. The van der Waals surface area contributed by atoms with Crippen molar-refractivity contribution in [3.8, 4) is 23.0 Å². The minimum atomic E-state index is -0.816. The first-order valence-corrected chi connectivity index (χ1v) is 9.99. The Kier molecular flexibility index (Phi) is 7.50. The fourth-order valence-electron chi connectivity index (χ4n) is 3.30. The predicted octanol–water partition coefficient (Wildman–Crippen LogP) is 0.872. The molecule has 0 atom stereocenters. The number of hydrogen-bond donors (Lipinski definition) is 2. The van der Waals surface area contributed by atoms with Gasteiger partial charge in [-0.05, 0) is 24.3 Å². The fourth-order valence-corrected chi connectivity index (χ4v) is 3.30. The lowest BCUT2D eigenvalue weighted by Gasteiger charge is -2.32. The van der Waals surface area contributed by atoms with Crippen LogP contribution in [0.2, 0.25) is 0 Å². The van der Waals surface area contributed by atoms with Crippen molar-refractivity contribution >= 4 is 18.2 Å². The zero-order valence-electron chi connectivity index (χ0n) is 17.7. The van der Waals surface area contributed by atoms with Crippen molar-refractivity contribution in [2.45, 2.75) is 0 Å². The van der Waals surface area contributed by atoms with Crippen LogP contribution in [0.25, 0.3) is 0 Å². The highest BCUT2D eigenvalue weighted by molar-refractivity contribution is 6.02. The van der Waals surface area contributed by atoms with E-state index in [1.807, 2.05) is 0 Å². The van der Waals surface area contributed by atoms with Crippen LogP contribution in [0.15, 0.2) is 36.4 Å². The number of primary amides is 1. The molecule has 1 heterocycles. The van der Waals surface area contributed by atoms with Crippen molar-refractivity contribution in [3.63, 3.8) is 0 Å². The van der Waals surface area contributed by atoms with Gasteiger partial charge in [-0.25, -0.2) is 0 Å². The normalized spacial score (nSPS) is 13.4. The molecule has 170 valence electrons. The van der Waals surface area contributed by atoms with E-state index in [-0.39, 0.29) is 41.7 Å². The van der Waals surface area contributed by atoms with E-state index in [1.54, 1.807) is 34.1 Å². The summed E-state index contributed by atoms with van der Waals surface area (Å²) < 4.78 is 16.8. The van der Waals surface area contributed by atoms with Gasteiger partial charge in [0.15, 0.2) is 23.0 Å². The third kappa shape index (κ3) is 5.09. The smallest absolute Gasteiger partial charge is 0.254 e. The van der Waals surface area contributed by atoms with Crippen LogP contribution in [0.5, 0.6) is 23.0 Å². The molecule has 0 aromatic heterocycles. The van der Waals surface area contributed by atoms with E-state index in [9.17, 15) is 19.5 Å². The number of ether oxygens (including phenoxy) is 3. The van der Waals surface area contributed by atoms with Crippen molar-refractivity contribution in [2.24, 2.45) is 5.73 Å². The number of carbonyl (C=O) groups excluding carboxylic acids is 3. The van der Waals surface area contributed by atoms with Gasteiger partial charge in [-0.3, -0.25) is 14.4 Å². The van der Waals surface area contributed by atoms with Crippen LogP contribution >= 0.6 is 0 Å². The van der Waals surface area contributed by atoms with Crippen molar-refractivity contribution < 1.29 is 33.7 Å². The Morgan fingerprint density at radius 2 is 1.78 bits per heavy atom. The lowest BCUT2D eigenvalue weighted by molar-refractivity contribution is -0.119. The third-order valence-corrected chi connectivity index (χ3v) is 4.95. The number of aliphatic hydroxyl groups excluding tert-OH is 1. The summed E-state index contributed by atoms with van der Waals surface area (Å²) in [5.74, 6) is -0.326. The summed E-state index contributed by atoms with van der Waals surface area (Å²) in [5, 5.41) is 9.21. The highest BCUT2D eigenvalue weighted by atomic mass is 16.5. The second-order valence-corrected chi connectivity index (χ2v) is 6.97. The number of piperazine rings is 1. The van der Waals surface area contributed by atoms with Gasteiger partial charge in [0.25, 0.3) is 11.8 Å². The first kappa shape index (κ1) is 22.9. The van der Waals surface area contributed by atoms with Gasteiger partial charge in [0.1, 0.15) is 6.61 Å². The van der Waals surface area contributed by atoms with E-state index in [0.717, 1.165) is 6.41 Å². The van der Waals surface area contributed by atoms with Gasteiger partial charge in [-0.2, -0.15) is 0 Å². The molecule has 3 rings (SSSR count). The molecule has 3 N–H and O–H groups in total. The number of rotatable bonds is 9. The topological polar surface area (TPSA) is 132 Å². The van der Waals surface area contributed by atoms with E-state index < -0.39 is 5.91 Å². The number of methoxy groups -OCH3 is 1. The van der Waals surface area contributed by atoms with Gasteiger partial charge < -0.3 is 34.9 Å². The number of nitrogens with zero attached hydrogens (tertiary/aromatic N) is 2. The number of aliphatic hydroxyl groups is 1. The summed E-state index contributed by atoms with van der Waals surface area (Å²) in [6.07, 6.45) is 0.748. The number of nitrogens with two attached hydrogens (primary N) is 1. The number of amides is 3. The Hall–Kier alpha value is -3.79. The minimum absolute atomic E-state index is 0.0118. The standard InChI is InChI=1S/C22H25N3O7/c1-30-17-4-2-3-5-18(17)32-20-16(21(23)28)12-15(13-19(20)31-11-10-26)22(29)25-8-6-24(14-27)7-9-25/h2-5,12-14,26H,6-11H2,1H3,(H2,23,28). The molecule has 0 radical (unpaired) electrons. The van der Waals surface area contributed by atoms with Crippen molar-refractivity contribution in [1.29, 1.82) is 0 Å². The van der Waals surface area contributed by atoms with E-state index in [4.69, 9.17) is 19.9 Å². The Morgan fingerprint density at radius 1 is 1.09 bits per heavy atom. The number of hydrogen-bond acceptors (Lipinski definition) is 7. The van der Waals surface area contributed by atoms with Crippen molar-refractivity contribution in [3.05, 3.63) is 47.5 Å². The molecule has 2 aromatic rings. The third-order valence-electron chi connectivity index (χ3n) is 4.95. The van der Waals surface area contributed by atoms with Crippen LogP contribution in [0.3, 0.4) is 0 Å². The molecule has 0 saturated carbocycles. The first-order valence-electron chi connectivity index (χ1n) is 9.99. The number of para-hydroxylation sites is 2. The van der Waals surface area contributed by atoms with Crippen molar-refractivity contribution in [2.75, 3.05) is 46.5 Å². The average Bonchev–Trinajstić information content (AvgIpc) is 2.82. The van der Waals surface area contributed by atoms with Crippen LogP contribution in [0, 0.1) is 0 Å². The molecule has 1 fully saturated rings. The number of carbonyl (C=O) groups is 3. The van der Waals surface area contributed by atoms with E-state index in [2.05, 4.69) is 0 Å². The summed E-state index contributed by atoms with van der Waals surface area (Å²) in [7, 11) is 1.48. The van der Waals surface area contributed by atoms with E-state index >= 15 is 0 Å². The van der Waals surface area contributed by atoms with Crippen LogP contribution in [0.1, 0.15) is 20.7 Å². The Morgan fingerprint density at radius 3 is 2.38 bits per heavy atom. The zero-order valence-corrected chi connectivity index (χ0v) is 17.7. The second-order valence-electron chi connectivity index (χ2n) is 6.97. The Balaban J connectivity index is 2.00. The summed E-state index contributed by atoms with van der Waals surface area (Å²) in [4.78, 5) is 39.4. The highest BCUT2D eigenvalue weighted by Crippen LogP contribution is 2.40. The summed E-state index contributed by atoms with van der Waals surface area (Å²) in [6.45, 7) is 1.18. The van der Waals surface area contributed by atoms with Gasteiger partial charge in [-0.15, -0.1) is 0 Å². The second kappa shape index (κ2) is 10.5. The van der Waals surface area contributed by atoms with Crippen LogP contribution in [0.4, 0.5) is 0 Å². The monoisotopic (exact) mass is 443 g/mol. The maximum absolute atomic E-state index is 13.1. The fraction of sp³-hybridized carbons (Fsp3) is 0.318. The molecule has 0 unspecified atom stereocenters. The lowest BCUT2D eigenvalue weighted by Crippen LogP contribution is -2.48. The Labute approximate surface area is 185 Å². The molecule has 1 aliphatic heterocycles. The molecule has 1 saturated heterocycles. The van der Waals surface area contributed by atoms with Crippen LogP contribution in [-0.2, 0) is 4.79 Å². The average molecular weight is 443 g/mol. The van der Waals surface area contributed by atoms with E-state index in [1.165, 1.54) is 19.2 Å². The molecule has 0 bridgehead atoms. The first-order chi connectivity index (χ1) is 15.5. The summed E-state index contributed by atoms with van der Waals surface area (Å²) in [5.41, 5.74) is 5.72. The molecular weight excluding hydrogens is 418 g/mol. The SMILES string of the molecule is COc1ccccc1Oc1c(OCCO)cc(C(=O)N2CCN(C=O)CC2)cc1C(N)=O. The van der Waals surface area contributed by atoms with Crippen molar-refractivity contribution in [1.82, 2.24) is 9.80 Å². The predicted molar refractivity (Wildman–Crippen MR) is 114 cm³/mol. The molecule has 10 heteroatoms. The van der Waals surface area contributed by atoms with Gasteiger partial charge in [0, 0.05) is 31.7 Å². The largest absolute Gasteiger partial charge is 0.493 e. The minimum Gasteiger partial charge on any atom is -0.493 e. The molecule has 32 heavy (non-hydrogen) atoms. The number of benzene rings is 2. The zero-order chi connectivity index (χ0) is 23.1. The maximum Gasteiger partial charge on any atom is 0.254 e. The highest BCUT2D eigenvalue weighted by Gasteiger charge is 2.26. The van der Waals surface area contributed by atoms with Crippen LogP contribution in [-0.4, -0.2) is 79.6 Å². The quantitative estimate of drug-likeness (QED) is 0.550. The van der Waals surface area contributed by atoms with Gasteiger partial charge in [-0.1, -0.05) is 12.1 Å². The van der Waals surface area contributed by atoms with Gasteiger partial charge in [0.2, 0.25) is 6.41 Å². The molecular formula is C22H25N3O7. The molecule has 1 aliphatic rings. The van der Waals surface area contributed by atoms with Gasteiger partial charge in [0.05, 0.1) is 19.3 Å². The molecule has 2 aromatic carbocycles. The van der Waals surface area contributed by atoms with Gasteiger partial charge >= 0.3 is 0 Å². The molecule has 0 aliphatic carbocycles. The van der Waals surface area contributed by atoms with E-state index in [0.29, 0.717) is 37.7 Å². The summed E-state index contributed by atoms with van der Waals surface area (Å²) >= 11 is 0.